The van der Waals surface area contributed by atoms with E-state index >= 15 is 0 Å². The number of aryl methyl sites for hydroxylation is 2. The lowest BCUT2D eigenvalue weighted by Gasteiger charge is -2.14. The lowest BCUT2D eigenvalue weighted by molar-refractivity contribution is -0.131. The third-order valence-electron chi connectivity index (χ3n) is 4.58. The molecule has 1 amide bonds. The summed E-state index contributed by atoms with van der Waals surface area (Å²) in [5.41, 5.74) is 3.29. The summed E-state index contributed by atoms with van der Waals surface area (Å²) in [5, 5.41) is 1.09. The number of benzene rings is 1. The van der Waals surface area contributed by atoms with E-state index in [2.05, 4.69) is 9.97 Å². The highest BCUT2D eigenvalue weighted by atomic mass is 16.2. The fraction of sp³-hybridized carbons (Fsp3) is 0.278. The normalized spacial score (nSPS) is 13.5. The molecule has 1 aliphatic rings. The molecule has 0 saturated carbocycles. The van der Waals surface area contributed by atoms with Gasteiger partial charge in [-0.05, 0) is 18.6 Å². The second-order valence-corrected chi connectivity index (χ2v) is 6.29. The summed E-state index contributed by atoms with van der Waals surface area (Å²) in [4.78, 5) is 33.5. The van der Waals surface area contributed by atoms with Crippen molar-refractivity contribution < 1.29 is 4.79 Å². The van der Waals surface area contributed by atoms with Gasteiger partial charge < -0.3 is 14.5 Å². The number of amides is 1. The van der Waals surface area contributed by atoms with E-state index in [1.54, 1.807) is 11.8 Å². The first-order valence-electron chi connectivity index (χ1n) is 7.92. The Morgan fingerprint density at radius 1 is 1.29 bits per heavy atom. The van der Waals surface area contributed by atoms with E-state index in [0.717, 1.165) is 16.5 Å². The Labute approximate surface area is 138 Å². The number of nitrogens with one attached hydrogen (secondary N) is 1. The molecule has 0 unspecified atom stereocenters. The number of carbonyl (C=O) groups is 1. The minimum Gasteiger partial charge on any atom is -0.350 e. The number of fused-ring (bicyclic) bond motifs is 2. The van der Waals surface area contributed by atoms with Crippen molar-refractivity contribution in [3.63, 3.8) is 0 Å². The molecular weight excluding hydrogens is 304 g/mol. The van der Waals surface area contributed by atoms with Crippen molar-refractivity contribution in [3.8, 4) is 0 Å². The second-order valence-electron chi connectivity index (χ2n) is 6.29. The van der Waals surface area contributed by atoms with Crippen LogP contribution in [0.1, 0.15) is 22.6 Å². The molecule has 6 nitrogen and oxygen atoms in total. The number of hydrogen-bond donors (Lipinski definition) is 1. The van der Waals surface area contributed by atoms with Gasteiger partial charge in [0.15, 0.2) is 0 Å². The van der Waals surface area contributed by atoms with Crippen LogP contribution in [-0.2, 0) is 31.4 Å². The average molecular weight is 322 g/mol. The smallest absolute Gasteiger partial charge is 0.256 e. The van der Waals surface area contributed by atoms with E-state index in [1.807, 2.05) is 42.1 Å². The monoisotopic (exact) mass is 322 g/mol. The largest absolute Gasteiger partial charge is 0.350 e. The van der Waals surface area contributed by atoms with Crippen molar-refractivity contribution in [2.24, 2.45) is 7.05 Å². The molecule has 0 spiro atoms. The van der Waals surface area contributed by atoms with Gasteiger partial charge in [-0.2, -0.15) is 0 Å². The quantitative estimate of drug-likeness (QED) is 0.780. The van der Waals surface area contributed by atoms with Crippen molar-refractivity contribution in [2.45, 2.75) is 26.4 Å². The summed E-state index contributed by atoms with van der Waals surface area (Å²) >= 11 is 0. The molecule has 0 atom stereocenters. The molecule has 0 aliphatic carbocycles. The number of rotatable bonds is 2. The van der Waals surface area contributed by atoms with Crippen LogP contribution in [0.2, 0.25) is 0 Å². The maximum absolute atomic E-state index is 12.7. The summed E-state index contributed by atoms with van der Waals surface area (Å²) in [6.45, 7) is 2.49. The van der Waals surface area contributed by atoms with Crippen LogP contribution in [0.5, 0.6) is 0 Å². The number of carbonyl (C=O) groups excluding carboxylic acids is 1. The Hall–Kier alpha value is -2.89. The zero-order valence-electron chi connectivity index (χ0n) is 13.7. The van der Waals surface area contributed by atoms with Crippen molar-refractivity contribution >= 4 is 16.8 Å². The Kier molecular flexibility index (Phi) is 3.26. The lowest BCUT2D eigenvalue weighted by atomic mass is 10.1. The molecule has 1 aromatic carbocycles. The van der Waals surface area contributed by atoms with Gasteiger partial charge in [0.25, 0.3) is 5.56 Å². The fourth-order valence-electron chi connectivity index (χ4n) is 3.41. The van der Waals surface area contributed by atoms with E-state index in [9.17, 15) is 9.59 Å². The molecular formula is C18H18N4O2. The Bertz CT molecular complexity index is 1020. The molecule has 0 bridgehead atoms. The van der Waals surface area contributed by atoms with Crippen LogP contribution in [0.25, 0.3) is 10.9 Å². The zero-order chi connectivity index (χ0) is 16.8. The summed E-state index contributed by atoms with van der Waals surface area (Å²) in [6, 6.07) is 8.05. The molecule has 6 heteroatoms. The summed E-state index contributed by atoms with van der Waals surface area (Å²) in [5.74, 6) is 0.600. The van der Waals surface area contributed by atoms with Crippen LogP contribution in [0.3, 0.4) is 0 Å². The Morgan fingerprint density at radius 2 is 2.08 bits per heavy atom. The molecule has 3 aromatic rings. The first kappa shape index (κ1) is 14.7. The SMILES string of the molecule is Cc1nc2c(c(=O)[nH]1)CN(C(=O)Cc1cn(C)c3ccccc13)C2. The molecule has 122 valence electrons. The van der Waals surface area contributed by atoms with Crippen LogP contribution in [-0.4, -0.2) is 25.3 Å². The third kappa shape index (κ3) is 2.31. The van der Waals surface area contributed by atoms with Crippen molar-refractivity contribution in [3.05, 3.63) is 63.5 Å². The van der Waals surface area contributed by atoms with Crippen LogP contribution < -0.4 is 5.56 Å². The standard InChI is InChI=1S/C18H18N4O2/c1-11-19-15-10-22(9-14(15)18(24)20-11)17(23)7-12-8-21(2)16-6-4-3-5-13(12)16/h3-6,8H,7,9-10H2,1-2H3,(H,19,20,24). The van der Waals surface area contributed by atoms with Crippen LogP contribution in [0.4, 0.5) is 0 Å². The minimum atomic E-state index is -0.141. The molecule has 1 N–H and O–H groups in total. The van der Waals surface area contributed by atoms with E-state index < -0.39 is 0 Å². The predicted octanol–water partition coefficient (Wildman–Crippen LogP) is 1.65. The highest BCUT2D eigenvalue weighted by molar-refractivity contribution is 5.89. The maximum atomic E-state index is 12.7. The fourth-order valence-corrected chi connectivity index (χ4v) is 3.41. The number of nitrogens with zero attached hydrogens (tertiary/aromatic N) is 3. The molecule has 0 fully saturated rings. The Balaban J connectivity index is 1.59. The molecule has 3 heterocycles. The molecule has 24 heavy (non-hydrogen) atoms. The maximum Gasteiger partial charge on any atom is 0.256 e. The van der Waals surface area contributed by atoms with E-state index in [0.29, 0.717) is 36.6 Å². The summed E-state index contributed by atoms with van der Waals surface area (Å²) in [6.07, 6.45) is 2.33. The summed E-state index contributed by atoms with van der Waals surface area (Å²) < 4.78 is 2.03. The van der Waals surface area contributed by atoms with E-state index in [1.165, 1.54) is 0 Å². The average Bonchev–Trinajstić information content (AvgIpc) is 3.10. The van der Waals surface area contributed by atoms with Crippen molar-refractivity contribution in [2.75, 3.05) is 0 Å². The van der Waals surface area contributed by atoms with Gasteiger partial charge in [-0.15, -0.1) is 0 Å². The molecule has 0 saturated heterocycles. The number of H-pyrrole nitrogens is 1. The van der Waals surface area contributed by atoms with Gasteiger partial charge in [0.2, 0.25) is 5.91 Å². The van der Waals surface area contributed by atoms with Gasteiger partial charge in [-0.3, -0.25) is 9.59 Å². The van der Waals surface area contributed by atoms with Gasteiger partial charge >= 0.3 is 0 Å². The topological polar surface area (TPSA) is 71.0 Å². The number of para-hydroxylation sites is 1. The third-order valence-corrected chi connectivity index (χ3v) is 4.58. The Morgan fingerprint density at radius 3 is 2.92 bits per heavy atom. The van der Waals surface area contributed by atoms with E-state index in [-0.39, 0.29) is 11.5 Å². The van der Waals surface area contributed by atoms with Gasteiger partial charge in [-0.25, -0.2) is 4.98 Å². The number of aromatic nitrogens is 3. The molecule has 0 radical (unpaired) electrons. The molecule has 4 rings (SSSR count). The second kappa shape index (κ2) is 5.33. The zero-order valence-corrected chi connectivity index (χ0v) is 13.7. The van der Waals surface area contributed by atoms with Crippen molar-refractivity contribution in [1.82, 2.24) is 19.4 Å². The van der Waals surface area contributed by atoms with Gasteiger partial charge in [0, 0.05) is 24.1 Å². The van der Waals surface area contributed by atoms with Crippen LogP contribution in [0, 0.1) is 6.92 Å². The predicted molar refractivity (Wildman–Crippen MR) is 90.5 cm³/mol. The van der Waals surface area contributed by atoms with Crippen LogP contribution >= 0.6 is 0 Å². The minimum absolute atomic E-state index is 0.0152. The molecule has 2 aromatic heterocycles. The highest BCUT2D eigenvalue weighted by Crippen LogP contribution is 2.23. The van der Waals surface area contributed by atoms with Crippen LogP contribution in [0.15, 0.2) is 35.3 Å². The lowest BCUT2D eigenvalue weighted by Crippen LogP contribution is -2.27. The van der Waals surface area contributed by atoms with Gasteiger partial charge in [0.05, 0.1) is 30.8 Å². The molecule has 1 aliphatic heterocycles. The summed E-state index contributed by atoms with van der Waals surface area (Å²) in [7, 11) is 1.98. The van der Waals surface area contributed by atoms with Gasteiger partial charge in [0.1, 0.15) is 5.82 Å². The van der Waals surface area contributed by atoms with Gasteiger partial charge in [-0.1, -0.05) is 18.2 Å². The van der Waals surface area contributed by atoms with E-state index in [4.69, 9.17) is 0 Å². The first-order valence-corrected chi connectivity index (χ1v) is 7.92. The number of hydrogen-bond acceptors (Lipinski definition) is 3. The number of aromatic amines is 1. The first-order chi connectivity index (χ1) is 11.5. The highest BCUT2D eigenvalue weighted by Gasteiger charge is 2.27. The van der Waals surface area contributed by atoms with Crippen molar-refractivity contribution in [1.29, 1.82) is 0 Å².